The summed E-state index contributed by atoms with van der Waals surface area (Å²) < 4.78 is 1.97. The Morgan fingerprint density at radius 3 is 2.64 bits per heavy atom. The molecule has 0 aliphatic carbocycles. The summed E-state index contributed by atoms with van der Waals surface area (Å²) in [6, 6.07) is 10.6. The van der Waals surface area contributed by atoms with Crippen LogP contribution < -0.4 is 5.43 Å². The van der Waals surface area contributed by atoms with Crippen LogP contribution in [0.25, 0.3) is 0 Å². The van der Waals surface area contributed by atoms with Crippen LogP contribution in [0.3, 0.4) is 0 Å². The van der Waals surface area contributed by atoms with Crippen molar-refractivity contribution in [3.63, 3.8) is 0 Å². The van der Waals surface area contributed by atoms with E-state index in [0.717, 1.165) is 31.7 Å². The van der Waals surface area contributed by atoms with Crippen molar-refractivity contribution >= 4 is 0 Å². The second-order valence-corrected chi connectivity index (χ2v) is 5.95. The molecule has 1 aromatic heterocycles. The molecule has 2 heterocycles. The van der Waals surface area contributed by atoms with E-state index in [1.54, 1.807) is 12.3 Å². The van der Waals surface area contributed by atoms with Gasteiger partial charge in [-0.05, 0) is 24.5 Å². The predicted molar refractivity (Wildman–Crippen MR) is 87.0 cm³/mol. The third-order valence-electron chi connectivity index (χ3n) is 4.61. The minimum Gasteiger partial charge on any atom is -0.503 e. The van der Waals surface area contributed by atoms with Gasteiger partial charge in [0, 0.05) is 37.4 Å². The normalized spacial score (nSPS) is 16.3. The van der Waals surface area contributed by atoms with E-state index in [1.807, 2.05) is 4.57 Å². The maximum Gasteiger partial charge on any atom is 0.223 e. The van der Waals surface area contributed by atoms with E-state index in [4.69, 9.17) is 0 Å². The Bertz CT molecular complexity index is 719. The lowest BCUT2D eigenvalue weighted by atomic mass is 10.0. The predicted octanol–water partition coefficient (Wildman–Crippen LogP) is 2.69. The maximum absolute atomic E-state index is 11.6. The topological polar surface area (TPSA) is 45.5 Å². The molecule has 0 amide bonds. The molecule has 22 heavy (non-hydrogen) atoms. The van der Waals surface area contributed by atoms with E-state index in [1.165, 1.54) is 11.1 Å². The van der Waals surface area contributed by atoms with Crippen molar-refractivity contribution in [3.05, 3.63) is 63.6 Å². The molecule has 0 saturated heterocycles. The van der Waals surface area contributed by atoms with Crippen LogP contribution in [0.15, 0.2) is 41.3 Å². The van der Waals surface area contributed by atoms with Crippen LogP contribution in [0.4, 0.5) is 0 Å². The molecule has 1 aliphatic rings. The highest BCUT2D eigenvalue weighted by atomic mass is 16.3. The summed E-state index contributed by atoms with van der Waals surface area (Å²) in [4.78, 5) is 14.0. The summed E-state index contributed by atoms with van der Waals surface area (Å²) in [7, 11) is 0. The first-order valence-corrected chi connectivity index (χ1v) is 7.83. The molecule has 1 unspecified atom stereocenters. The van der Waals surface area contributed by atoms with Crippen molar-refractivity contribution in [2.75, 3.05) is 6.54 Å². The van der Waals surface area contributed by atoms with Gasteiger partial charge in [-0.3, -0.25) is 9.69 Å². The largest absolute Gasteiger partial charge is 0.503 e. The lowest BCUT2D eigenvalue weighted by Crippen LogP contribution is -2.36. The quantitative estimate of drug-likeness (QED) is 0.947. The van der Waals surface area contributed by atoms with E-state index >= 15 is 0 Å². The number of rotatable bonds is 3. The zero-order valence-corrected chi connectivity index (χ0v) is 13.1. The van der Waals surface area contributed by atoms with Crippen molar-refractivity contribution in [2.24, 2.45) is 0 Å². The van der Waals surface area contributed by atoms with Crippen LogP contribution in [0.5, 0.6) is 5.75 Å². The van der Waals surface area contributed by atoms with Crippen LogP contribution in [0.1, 0.15) is 36.7 Å². The van der Waals surface area contributed by atoms with Gasteiger partial charge in [0.15, 0.2) is 5.75 Å². The molecule has 0 spiro atoms. The molecule has 1 N–H and O–H groups in total. The van der Waals surface area contributed by atoms with Crippen molar-refractivity contribution in [3.8, 4) is 5.75 Å². The fraction of sp³-hybridized carbons (Fsp3) is 0.389. The molecular weight excluding hydrogens is 276 g/mol. The van der Waals surface area contributed by atoms with Crippen molar-refractivity contribution in [1.82, 2.24) is 9.47 Å². The summed E-state index contributed by atoms with van der Waals surface area (Å²) in [5.41, 5.74) is 3.31. The monoisotopic (exact) mass is 298 g/mol. The number of benzene rings is 1. The number of fused-ring (bicyclic) bond motifs is 1. The third-order valence-corrected chi connectivity index (χ3v) is 4.61. The number of aryl methyl sites for hydroxylation is 1. The Kier molecular flexibility index (Phi) is 4.03. The highest BCUT2D eigenvalue weighted by molar-refractivity contribution is 5.26. The van der Waals surface area contributed by atoms with Crippen LogP contribution in [0.2, 0.25) is 0 Å². The average molecular weight is 298 g/mol. The molecule has 2 aromatic rings. The first-order valence-electron chi connectivity index (χ1n) is 7.83. The number of aromatic nitrogens is 1. The fourth-order valence-electron chi connectivity index (χ4n) is 3.04. The number of hydrogen-bond donors (Lipinski definition) is 1. The van der Waals surface area contributed by atoms with Gasteiger partial charge in [-0.2, -0.15) is 0 Å². The van der Waals surface area contributed by atoms with E-state index in [-0.39, 0.29) is 11.2 Å². The highest BCUT2D eigenvalue weighted by Crippen LogP contribution is 2.25. The lowest BCUT2D eigenvalue weighted by molar-refractivity contribution is 0.164. The van der Waals surface area contributed by atoms with Gasteiger partial charge in [0.05, 0.1) is 6.20 Å². The van der Waals surface area contributed by atoms with Crippen molar-refractivity contribution < 1.29 is 5.11 Å². The lowest BCUT2D eigenvalue weighted by Gasteiger charge is -2.35. The Balaban J connectivity index is 1.81. The SMILES string of the molecule is CCc1ccc(C(C)N2CCn3cc(O)c(=O)cc3C2)cc1. The highest BCUT2D eigenvalue weighted by Gasteiger charge is 2.22. The van der Waals surface area contributed by atoms with E-state index < -0.39 is 0 Å². The molecule has 0 bridgehead atoms. The van der Waals surface area contributed by atoms with Crippen LogP contribution >= 0.6 is 0 Å². The second-order valence-electron chi connectivity index (χ2n) is 5.95. The molecular formula is C18H22N2O2. The Hall–Kier alpha value is -2.07. The minimum atomic E-state index is -0.298. The van der Waals surface area contributed by atoms with Crippen LogP contribution in [-0.2, 0) is 19.5 Å². The molecule has 0 fully saturated rings. The van der Waals surface area contributed by atoms with Gasteiger partial charge in [-0.25, -0.2) is 0 Å². The molecule has 0 saturated carbocycles. The van der Waals surface area contributed by atoms with Crippen molar-refractivity contribution in [1.29, 1.82) is 0 Å². The Morgan fingerprint density at radius 1 is 1.23 bits per heavy atom. The van der Waals surface area contributed by atoms with Gasteiger partial charge >= 0.3 is 0 Å². The first-order chi connectivity index (χ1) is 10.6. The smallest absolute Gasteiger partial charge is 0.223 e. The third kappa shape index (κ3) is 2.79. The van der Waals surface area contributed by atoms with E-state index in [2.05, 4.69) is 43.0 Å². The van der Waals surface area contributed by atoms with Crippen molar-refractivity contribution in [2.45, 2.75) is 39.4 Å². The first kappa shape index (κ1) is 14.9. The molecule has 3 rings (SSSR count). The summed E-state index contributed by atoms with van der Waals surface area (Å²) in [5.74, 6) is -0.166. The number of pyridine rings is 1. The van der Waals surface area contributed by atoms with Gasteiger partial charge in [-0.15, -0.1) is 0 Å². The number of nitrogens with zero attached hydrogens (tertiary/aromatic N) is 2. The molecule has 1 aliphatic heterocycles. The molecule has 116 valence electrons. The molecule has 4 nitrogen and oxygen atoms in total. The standard InChI is InChI=1S/C18H22N2O2/c1-3-14-4-6-15(7-5-14)13(2)19-8-9-20-12-18(22)17(21)10-16(20)11-19/h4-7,10,12-13,22H,3,8-9,11H2,1-2H3. The fourth-order valence-corrected chi connectivity index (χ4v) is 3.04. The Morgan fingerprint density at radius 2 is 1.95 bits per heavy atom. The number of aromatic hydroxyl groups is 1. The van der Waals surface area contributed by atoms with E-state index in [9.17, 15) is 9.90 Å². The molecule has 1 atom stereocenters. The van der Waals surface area contributed by atoms with Crippen LogP contribution in [-0.4, -0.2) is 21.1 Å². The summed E-state index contributed by atoms with van der Waals surface area (Å²) in [5, 5.41) is 9.53. The molecule has 1 aromatic carbocycles. The summed E-state index contributed by atoms with van der Waals surface area (Å²) >= 11 is 0. The zero-order chi connectivity index (χ0) is 15.7. The molecule has 0 radical (unpaired) electrons. The number of hydrogen-bond acceptors (Lipinski definition) is 3. The summed E-state index contributed by atoms with van der Waals surface area (Å²) in [6.07, 6.45) is 2.61. The van der Waals surface area contributed by atoms with Gasteiger partial charge < -0.3 is 9.67 Å². The molecule has 4 heteroatoms. The van der Waals surface area contributed by atoms with Gasteiger partial charge in [0.25, 0.3) is 0 Å². The van der Waals surface area contributed by atoms with Gasteiger partial charge in [-0.1, -0.05) is 31.2 Å². The Labute approximate surface area is 130 Å². The second kappa shape index (κ2) is 5.97. The minimum absolute atomic E-state index is 0.166. The average Bonchev–Trinajstić information content (AvgIpc) is 2.55. The zero-order valence-electron chi connectivity index (χ0n) is 13.1. The maximum atomic E-state index is 11.6. The van der Waals surface area contributed by atoms with Crippen LogP contribution in [0, 0.1) is 0 Å². The van der Waals surface area contributed by atoms with Gasteiger partial charge in [0.2, 0.25) is 5.43 Å². The van der Waals surface area contributed by atoms with E-state index in [0.29, 0.717) is 6.04 Å². The summed E-state index contributed by atoms with van der Waals surface area (Å²) in [6.45, 7) is 6.79. The van der Waals surface area contributed by atoms with Gasteiger partial charge in [0.1, 0.15) is 0 Å².